The summed E-state index contributed by atoms with van der Waals surface area (Å²) in [7, 11) is -1.79. The Kier molecular flexibility index (Phi) is 10.2. The van der Waals surface area contributed by atoms with E-state index in [2.05, 4.69) is 0 Å². The van der Waals surface area contributed by atoms with E-state index in [1.165, 1.54) is 16.3 Å². The fraction of sp³-hybridized carbons (Fsp3) is 0.269. The number of nitrogens with zero attached hydrogens (tertiary/aromatic N) is 1. The summed E-state index contributed by atoms with van der Waals surface area (Å²) in [5.74, 6) is 0.245. The van der Waals surface area contributed by atoms with Crippen molar-refractivity contribution >= 4 is 49.6 Å². The van der Waals surface area contributed by atoms with E-state index in [9.17, 15) is 9.36 Å². The lowest BCUT2D eigenvalue weighted by molar-refractivity contribution is -0.153. The van der Waals surface area contributed by atoms with E-state index in [4.69, 9.17) is 37.4 Å². The van der Waals surface area contributed by atoms with E-state index in [0.717, 1.165) is 21.6 Å². The maximum absolute atomic E-state index is 13.1. The maximum Gasteiger partial charge on any atom is 0.373 e. The van der Waals surface area contributed by atoms with E-state index < -0.39 is 20.1 Å². The highest BCUT2D eigenvalue weighted by Crippen LogP contribution is 2.41. The predicted molar refractivity (Wildman–Crippen MR) is 147 cm³/mol. The Labute approximate surface area is 227 Å². The Morgan fingerprint density at radius 1 is 0.917 bits per heavy atom. The summed E-state index contributed by atoms with van der Waals surface area (Å²) in [5.41, 5.74) is 0.782. The summed E-state index contributed by atoms with van der Waals surface area (Å²) in [4.78, 5) is 13.4. The molecule has 0 aliphatic rings. The summed E-state index contributed by atoms with van der Waals surface area (Å²) in [5, 5.41) is 1.13. The molecule has 1 unspecified atom stereocenters. The first-order valence-electron chi connectivity index (χ1n) is 11.2. The standard InChI is InChI=1S/C26H28Cl2NO5PS/c1-5-32-25(30)16-29(36-22-10-6-17(2)7-11-22)26(35-31,33-20-8-12-23(27)18(3)14-20)34-21-9-13-24(28)19(4)15-21/h6-15H,5,16,35H2,1-4H3. The van der Waals surface area contributed by atoms with Gasteiger partial charge in [0.2, 0.25) is 0 Å². The first-order chi connectivity index (χ1) is 17.2. The van der Waals surface area contributed by atoms with Crippen molar-refractivity contribution in [3.05, 3.63) is 87.4 Å². The number of halogens is 2. The van der Waals surface area contributed by atoms with Gasteiger partial charge in [0.1, 0.15) is 18.0 Å². The van der Waals surface area contributed by atoms with E-state index in [-0.39, 0.29) is 13.2 Å². The van der Waals surface area contributed by atoms with Crippen LogP contribution in [0.1, 0.15) is 23.6 Å². The number of benzene rings is 3. The van der Waals surface area contributed by atoms with Crippen LogP contribution in [0.25, 0.3) is 0 Å². The van der Waals surface area contributed by atoms with Crippen molar-refractivity contribution in [1.29, 1.82) is 0 Å². The Morgan fingerprint density at radius 2 is 1.44 bits per heavy atom. The molecule has 0 amide bonds. The van der Waals surface area contributed by atoms with E-state index >= 15 is 0 Å². The van der Waals surface area contributed by atoms with Crippen LogP contribution in [0, 0.1) is 20.8 Å². The topological polar surface area (TPSA) is 65.1 Å². The van der Waals surface area contributed by atoms with Crippen molar-refractivity contribution in [2.24, 2.45) is 0 Å². The molecule has 0 bridgehead atoms. The molecule has 0 aromatic heterocycles. The van der Waals surface area contributed by atoms with Crippen LogP contribution in [0.4, 0.5) is 0 Å². The number of carbonyl (C=O) groups excluding carboxylic acids is 1. The zero-order valence-electron chi connectivity index (χ0n) is 20.4. The molecule has 0 fully saturated rings. The Hall–Kier alpha value is -2.15. The van der Waals surface area contributed by atoms with Crippen LogP contribution >= 0.6 is 43.6 Å². The minimum atomic E-state index is -1.84. The molecule has 0 spiro atoms. The van der Waals surface area contributed by atoms with Crippen molar-refractivity contribution in [2.45, 2.75) is 38.2 Å². The molecular weight excluding hydrogens is 540 g/mol. The fourth-order valence-corrected chi connectivity index (χ4v) is 5.17. The summed E-state index contributed by atoms with van der Waals surface area (Å²) in [6.45, 7) is 7.33. The van der Waals surface area contributed by atoms with Crippen molar-refractivity contribution in [3.63, 3.8) is 0 Å². The van der Waals surface area contributed by atoms with E-state index in [1.54, 1.807) is 43.3 Å². The SMILES string of the molecule is CCOC(=O)CN(Sc1ccc(C)cc1)C(Oc1ccc(Cl)c(C)c1)(Oc1ccc(Cl)c(C)c1)[PH2]=O. The lowest BCUT2D eigenvalue weighted by Crippen LogP contribution is -2.52. The molecule has 0 aliphatic carbocycles. The monoisotopic (exact) mass is 567 g/mol. The van der Waals surface area contributed by atoms with E-state index in [1.807, 2.05) is 45.0 Å². The quantitative estimate of drug-likeness (QED) is 0.104. The summed E-state index contributed by atoms with van der Waals surface area (Å²) < 4.78 is 32.4. The van der Waals surface area contributed by atoms with Crippen molar-refractivity contribution in [1.82, 2.24) is 4.31 Å². The van der Waals surface area contributed by atoms with Crippen molar-refractivity contribution < 1.29 is 23.6 Å². The van der Waals surface area contributed by atoms with Gasteiger partial charge >= 0.3 is 11.6 Å². The lowest BCUT2D eigenvalue weighted by atomic mass is 10.2. The van der Waals surface area contributed by atoms with Crippen molar-refractivity contribution in [2.75, 3.05) is 13.2 Å². The summed E-state index contributed by atoms with van der Waals surface area (Å²) in [6.07, 6.45) is 0. The number of carbonyl (C=O) groups is 1. The number of rotatable bonds is 11. The predicted octanol–water partition coefficient (Wildman–Crippen LogP) is 7.32. The molecule has 0 radical (unpaired) electrons. The average molecular weight is 568 g/mol. The zero-order chi connectivity index (χ0) is 26.3. The van der Waals surface area contributed by atoms with Crippen LogP contribution in [0.5, 0.6) is 11.5 Å². The number of aryl methyl sites for hydroxylation is 3. The molecule has 0 N–H and O–H groups in total. The average Bonchev–Trinajstić information content (AvgIpc) is 2.84. The van der Waals surface area contributed by atoms with Crippen LogP contribution in [-0.4, -0.2) is 29.1 Å². The van der Waals surface area contributed by atoms with Gasteiger partial charge in [-0.2, -0.15) is 4.31 Å². The number of ether oxygens (including phenoxy) is 3. The highest BCUT2D eigenvalue weighted by atomic mass is 35.5. The minimum absolute atomic E-state index is 0.202. The second kappa shape index (κ2) is 12.9. The summed E-state index contributed by atoms with van der Waals surface area (Å²) >= 11 is 13.6. The van der Waals surface area contributed by atoms with Gasteiger partial charge in [0.05, 0.1) is 6.61 Å². The molecule has 3 rings (SSSR count). The molecule has 3 aromatic carbocycles. The van der Waals surface area contributed by atoms with Crippen LogP contribution in [0.15, 0.2) is 65.6 Å². The normalized spacial score (nSPS) is 11.8. The number of esters is 1. The van der Waals surface area contributed by atoms with Gasteiger partial charge < -0.3 is 18.8 Å². The molecule has 0 saturated heterocycles. The Balaban J connectivity index is 2.11. The Morgan fingerprint density at radius 3 is 1.89 bits per heavy atom. The van der Waals surface area contributed by atoms with Gasteiger partial charge in [0, 0.05) is 14.9 Å². The summed E-state index contributed by atoms with van der Waals surface area (Å²) in [6, 6.07) is 17.8. The first-order valence-corrected chi connectivity index (χ1v) is 13.8. The second-order valence-electron chi connectivity index (χ2n) is 8.02. The molecular formula is C26H28Cl2NO5PS. The lowest BCUT2D eigenvalue weighted by Gasteiger charge is -2.38. The number of hydrogen-bond donors (Lipinski definition) is 0. The van der Waals surface area contributed by atoms with Gasteiger partial charge in [-0.15, -0.1) is 0 Å². The minimum Gasteiger partial charge on any atom is -0.465 e. The smallest absolute Gasteiger partial charge is 0.373 e. The van der Waals surface area contributed by atoms with Crippen molar-refractivity contribution in [3.8, 4) is 11.5 Å². The Bertz CT molecular complexity index is 1170. The largest absolute Gasteiger partial charge is 0.465 e. The maximum atomic E-state index is 13.1. The molecule has 0 saturated carbocycles. The third-order valence-electron chi connectivity index (χ3n) is 5.10. The van der Waals surface area contributed by atoms with Gasteiger partial charge in [-0.3, -0.25) is 4.79 Å². The van der Waals surface area contributed by atoms with Crippen LogP contribution in [0.2, 0.25) is 10.0 Å². The molecule has 10 heteroatoms. The van der Waals surface area contributed by atoms with Crippen LogP contribution < -0.4 is 9.47 Å². The van der Waals surface area contributed by atoms with Crippen LogP contribution in [0.3, 0.4) is 0 Å². The van der Waals surface area contributed by atoms with Crippen LogP contribution in [-0.2, 0) is 14.1 Å². The molecule has 6 nitrogen and oxygen atoms in total. The molecule has 0 heterocycles. The van der Waals surface area contributed by atoms with Gasteiger partial charge in [-0.1, -0.05) is 40.9 Å². The molecule has 0 aliphatic heterocycles. The third-order valence-corrected chi connectivity index (χ3v) is 8.07. The second-order valence-corrected chi connectivity index (χ2v) is 10.9. The third kappa shape index (κ3) is 7.44. The first kappa shape index (κ1) is 28.4. The van der Waals surface area contributed by atoms with Gasteiger partial charge in [0.15, 0.2) is 8.46 Å². The van der Waals surface area contributed by atoms with Gasteiger partial charge in [-0.25, -0.2) is 0 Å². The van der Waals surface area contributed by atoms with Gasteiger partial charge in [0.25, 0.3) is 0 Å². The molecule has 192 valence electrons. The van der Waals surface area contributed by atoms with E-state index in [0.29, 0.717) is 21.5 Å². The fourth-order valence-electron chi connectivity index (χ4n) is 3.18. The highest BCUT2D eigenvalue weighted by molar-refractivity contribution is 7.97. The van der Waals surface area contributed by atoms with Gasteiger partial charge in [-0.05, 0) is 99.3 Å². The number of hydrogen-bond acceptors (Lipinski definition) is 7. The molecule has 1 atom stereocenters. The highest BCUT2D eigenvalue weighted by Gasteiger charge is 2.44. The molecule has 3 aromatic rings. The zero-order valence-corrected chi connectivity index (χ0v) is 23.9. The molecule has 36 heavy (non-hydrogen) atoms.